The zero-order chi connectivity index (χ0) is 10.0. The fourth-order valence-electron chi connectivity index (χ4n) is 0.879. The maximum Gasteiger partial charge on any atom is 1.00 e. The van der Waals surface area contributed by atoms with Crippen LogP contribution in [0.4, 0.5) is 0 Å². The molecular weight excluding hydrogens is 222 g/mol. The molecule has 0 heterocycles. The Hall–Kier alpha value is -0.0400. The Morgan fingerprint density at radius 1 is 1.00 bits per heavy atom. The Morgan fingerprint density at radius 3 is 1.87 bits per heavy atom. The number of aromatic carboxylic acids is 2. The van der Waals surface area contributed by atoms with E-state index in [1.165, 1.54) is 0 Å². The maximum absolute atomic E-state index is 10.4. The maximum atomic E-state index is 10.4. The number of carboxylic acids is 2. The Morgan fingerprint density at radius 2 is 1.47 bits per heavy atom. The van der Waals surface area contributed by atoms with Gasteiger partial charge < -0.3 is 24.9 Å². The van der Waals surface area contributed by atoms with Crippen LogP contribution in [0.1, 0.15) is 20.7 Å². The molecule has 15 heavy (non-hydrogen) atoms. The molecule has 0 amide bonds. The second kappa shape index (κ2) is 7.27. The summed E-state index contributed by atoms with van der Waals surface area (Å²) in [5.41, 5.74) is -1.11. The van der Waals surface area contributed by atoms with Gasteiger partial charge in [0.1, 0.15) is 5.75 Å². The number of carboxylic acid groups (broad SMARTS) is 2. The minimum atomic E-state index is -1.67. The molecule has 0 aromatic heterocycles. The van der Waals surface area contributed by atoms with Gasteiger partial charge in [-0.25, -0.2) is 0 Å². The molecule has 0 aliphatic heterocycles. The average Bonchev–Trinajstić information content (AvgIpc) is 2.03. The third-order valence-electron chi connectivity index (χ3n) is 1.44. The molecule has 0 spiro atoms. The summed E-state index contributed by atoms with van der Waals surface area (Å²) in [5, 5.41) is 29.6. The van der Waals surface area contributed by atoms with Crippen LogP contribution in [0.25, 0.3) is 0 Å². The van der Waals surface area contributed by atoms with Gasteiger partial charge in [-0.3, -0.25) is 0 Å². The first-order valence-electron chi connectivity index (χ1n) is 3.28. The fraction of sp³-hybridized carbons (Fsp3) is 0. The molecule has 0 radical (unpaired) electrons. The van der Waals surface area contributed by atoms with E-state index in [2.05, 4.69) is 0 Å². The zero-order valence-electron chi connectivity index (χ0n) is 8.31. The minimum absolute atomic E-state index is 0. The third-order valence-corrected chi connectivity index (χ3v) is 1.44. The Labute approximate surface area is 130 Å². The molecule has 1 rings (SSSR count). The number of aromatic hydroxyl groups is 1. The molecule has 0 aliphatic rings. The van der Waals surface area contributed by atoms with Crippen molar-refractivity contribution in [2.75, 3.05) is 0 Å². The van der Waals surface area contributed by atoms with Gasteiger partial charge in [-0.15, -0.1) is 0 Å². The minimum Gasteiger partial charge on any atom is -0.545 e. The average molecular weight is 226 g/mol. The van der Waals surface area contributed by atoms with E-state index in [1.54, 1.807) is 0 Å². The van der Waals surface area contributed by atoms with Gasteiger partial charge in [0, 0.05) is 11.1 Å². The van der Waals surface area contributed by atoms with E-state index in [0.29, 0.717) is 0 Å². The molecule has 5 nitrogen and oxygen atoms in total. The van der Waals surface area contributed by atoms with Crippen molar-refractivity contribution < 1.29 is 84.0 Å². The molecule has 0 bridgehead atoms. The molecule has 0 saturated carbocycles. The number of hydrogen-bond acceptors (Lipinski definition) is 5. The van der Waals surface area contributed by atoms with Gasteiger partial charge in [-0.1, -0.05) is 0 Å². The van der Waals surface area contributed by atoms with Crippen LogP contribution in [-0.2, 0) is 0 Å². The van der Waals surface area contributed by atoms with Gasteiger partial charge in [0.15, 0.2) is 0 Å². The van der Waals surface area contributed by atoms with Crippen molar-refractivity contribution in [1.29, 1.82) is 0 Å². The molecule has 1 aromatic carbocycles. The van der Waals surface area contributed by atoms with E-state index < -0.39 is 23.1 Å². The first-order chi connectivity index (χ1) is 6.02. The largest absolute Gasteiger partial charge is 1.00 e. The monoisotopic (exact) mass is 226 g/mol. The Bertz CT molecular complexity index is 377. The summed E-state index contributed by atoms with van der Waals surface area (Å²) in [6, 6.07) is 2.79. The number of phenols is 1. The first-order valence-corrected chi connectivity index (χ1v) is 3.28. The van der Waals surface area contributed by atoms with Gasteiger partial charge in [-0.2, -0.15) is 0 Å². The van der Waals surface area contributed by atoms with E-state index in [-0.39, 0.29) is 64.9 Å². The summed E-state index contributed by atoms with van der Waals surface area (Å²) in [4.78, 5) is 20.7. The van der Waals surface area contributed by atoms with Crippen molar-refractivity contribution in [3.05, 3.63) is 29.3 Å². The van der Waals surface area contributed by atoms with E-state index in [1.807, 2.05) is 0 Å². The van der Waals surface area contributed by atoms with E-state index >= 15 is 0 Å². The number of rotatable bonds is 2. The predicted octanol–water partition coefficient (Wildman–Crippen LogP) is -7.87. The molecule has 0 saturated heterocycles. The summed E-state index contributed by atoms with van der Waals surface area (Å²) < 4.78 is 0. The Balaban J connectivity index is 0. The third kappa shape index (κ3) is 4.55. The van der Waals surface area contributed by atoms with Crippen LogP contribution in [0.3, 0.4) is 0 Å². The number of phenolic OH excluding ortho intramolecular Hbond substituents is 1. The van der Waals surface area contributed by atoms with Crippen molar-refractivity contribution in [2.24, 2.45) is 0 Å². The molecule has 0 aliphatic carbocycles. The van der Waals surface area contributed by atoms with Crippen molar-refractivity contribution in [3.63, 3.8) is 0 Å². The smallest absolute Gasteiger partial charge is 0.545 e. The van der Waals surface area contributed by atoms with Crippen molar-refractivity contribution >= 4 is 11.9 Å². The summed E-state index contributed by atoms with van der Waals surface area (Å²) >= 11 is 0. The van der Waals surface area contributed by atoms with Crippen LogP contribution < -0.4 is 69.3 Å². The quantitative estimate of drug-likeness (QED) is 0.505. The molecule has 7 heteroatoms. The van der Waals surface area contributed by atoms with Crippen LogP contribution in [0.15, 0.2) is 18.2 Å². The van der Waals surface area contributed by atoms with Crippen LogP contribution in [0.2, 0.25) is 0 Å². The Kier molecular flexibility index (Phi) is 8.41. The predicted molar refractivity (Wildman–Crippen MR) is 36.8 cm³/mol. The summed E-state index contributed by atoms with van der Waals surface area (Å²) in [7, 11) is 0. The summed E-state index contributed by atoms with van der Waals surface area (Å²) in [6.45, 7) is 0. The molecular formula is C8H4Na2O5. The van der Waals surface area contributed by atoms with Crippen molar-refractivity contribution in [1.82, 2.24) is 0 Å². The first kappa shape index (κ1) is 17.4. The van der Waals surface area contributed by atoms with Crippen molar-refractivity contribution in [2.45, 2.75) is 0 Å². The second-order valence-electron chi connectivity index (χ2n) is 2.30. The molecule has 0 atom stereocenters. The fourth-order valence-corrected chi connectivity index (χ4v) is 0.879. The van der Waals surface area contributed by atoms with Gasteiger partial charge >= 0.3 is 59.1 Å². The van der Waals surface area contributed by atoms with E-state index in [4.69, 9.17) is 5.11 Å². The molecule has 1 aromatic rings. The van der Waals surface area contributed by atoms with Crippen LogP contribution in [0.5, 0.6) is 5.75 Å². The van der Waals surface area contributed by atoms with Gasteiger partial charge in [0.05, 0.1) is 11.9 Å². The summed E-state index contributed by atoms with van der Waals surface area (Å²) in [5.74, 6) is -3.64. The summed E-state index contributed by atoms with van der Waals surface area (Å²) in [6.07, 6.45) is 0. The second-order valence-corrected chi connectivity index (χ2v) is 2.30. The van der Waals surface area contributed by atoms with Crippen LogP contribution >= 0.6 is 0 Å². The molecule has 68 valence electrons. The van der Waals surface area contributed by atoms with Gasteiger partial charge in [-0.05, 0) is 18.2 Å². The number of carbonyl (C=O) groups excluding carboxylic acids is 2. The SMILES string of the molecule is O=C([O-])c1ccc(O)cc1C(=O)[O-].[Na+].[Na+]. The van der Waals surface area contributed by atoms with Crippen LogP contribution in [0, 0.1) is 0 Å². The molecule has 0 unspecified atom stereocenters. The van der Waals surface area contributed by atoms with Gasteiger partial charge in [0.2, 0.25) is 0 Å². The number of carbonyl (C=O) groups is 2. The molecule has 1 N–H and O–H groups in total. The number of hydrogen-bond donors (Lipinski definition) is 1. The normalized spacial score (nSPS) is 8.27. The van der Waals surface area contributed by atoms with Crippen molar-refractivity contribution in [3.8, 4) is 5.75 Å². The standard InChI is InChI=1S/C8H6O5.2Na/c9-4-1-2-5(7(10)11)6(3-4)8(12)13;;/h1-3,9H,(H,10,11)(H,12,13);;/q;2*+1/p-2. The molecule has 0 fully saturated rings. The number of benzene rings is 1. The van der Waals surface area contributed by atoms with E-state index in [9.17, 15) is 19.8 Å². The van der Waals surface area contributed by atoms with Gasteiger partial charge in [0.25, 0.3) is 0 Å². The van der Waals surface area contributed by atoms with Crippen LogP contribution in [-0.4, -0.2) is 17.0 Å². The zero-order valence-corrected chi connectivity index (χ0v) is 12.3. The van der Waals surface area contributed by atoms with E-state index in [0.717, 1.165) is 18.2 Å². The topological polar surface area (TPSA) is 100 Å².